The molecule has 1 aliphatic rings. The van der Waals surface area contributed by atoms with E-state index in [2.05, 4.69) is 58.6 Å². The molecule has 2 heteroatoms. The monoisotopic (exact) mass is 199 g/mol. The summed E-state index contributed by atoms with van der Waals surface area (Å²) in [7, 11) is 0. The van der Waals surface area contributed by atoms with Crippen LogP contribution in [0, 0.1) is 0 Å². The van der Waals surface area contributed by atoms with Gasteiger partial charge in [-0.25, -0.2) is 0 Å². The molecule has 0 aliphatic carbocycles. The average Bonchev–Trinajstić information content (AvgIpc) is 2.61. The average molecular weight is 199 g/mol. The molecule has 2 aromatic rings. The maximum atomic E-state index is 2.22. The zero-order chi connectivity index (χ0) is 9.38. The van der Waals surface area contributed by atoms with Gasteiger partial charge in [-0.05, 0) is 35.2 Å². The lowest BCUT2D eigenvalue weighted by Crippen LogP contribution is -1.94. The smallest absolute Gasteiger partial charge is 0.0836 e. The lowest BCUT2D eigenvalue weighted by molar-refractivity contribution is 0.958. The summed E-state index contributed by atoms with van der Waals surface area (Å²) in [6.07, 6.45) is 4.27. The van der Waals surface area contributed by atoms with E-state index in [1.54, 1.807) is 11.8 Å². The summed E-state index contributed by atoms with van der Waals surface area (Å²) < 4.78 is 2.22. The first kappa shape index (κ1) is 7.94. The van der Waals surface area contributed by atoms with Gasteiger partial charge in [0.2, 0.25) is 0 Å². The van der Waals surface area contributed by atoms with E-state index in [4.69, 9.17) is 0 Å². The summed E-state index contributed by atoms with van der Waals surface area (Å²) >= 11 is 1.76. The van der Waals surface area contributed by atoms with Crippen LogP contribution in [0.25, 0.3) is 11.8 Å². The van der Waals surface area contributed by atoms with Crippen LogP contribution in [0.1, 0.15) is 5.56 Å². The van der Waals surface area contributed by atoms with Crippen LogP contribution in [0.15, 0.2) is 53.0 Å². The topological polar surface area (TPSA) is 4.93 Å². The number of aromatic nitrogens is 1. The molecule has 0 saturated carbocycles. The standard InChI is InChI=1S/C12H9NS/c1-2-5-11-10(4-1)7-9-14-12-6-3-8-13(11)12/h1-9H. The van der Waals surface area contributed by atoms with E-state index in [0.29, 0.717) is 0 Å². The van der Waals surface area contributed by atoms with Crippen molar-refractivity contribution in [3.63, 3.8) is 0 Å². The second kappa shape index (κ2) is 3.07. The van der Waals surface area contributed by atoms with E-state index >= 15 is 0 Å². The summed E-state index contributed by atoms with van der Waals surface area (Å²) in [6.45, 7) is 0. The van der Waals surface area contributed by atoms with Crippen molar-refractivity contribution in [2.45, 2.75) is 5.03 Å². The molecule has 68 valence electrons. The molecule has 14 heavy (non-hydrogen) atoms. The predicted molar refractivity (Wildman–Crippen MR) is 60.7 cm³/mol. The van der Waals surface area contributed by atoms with Crippen LogP contribution in [0.3, 0.4) is 0 Å². The molecule has 1 aromatic carbocycles. The van der Waals surface area contributed by atoms with Gasteiger partial charge in [0.25, 0.3) is 0 Å². The van der Waals surface area contributed by atoms with Gasteiger partial charge in [0.05, 0.1) is 10.7 Å². The molecule has 1 aromatic heterocycles. The van der Waals surface area contributed by atoms with Gasteiger partial charge in [-0.2, -0.15) is 0 Å². The van der Waals surface area contributed by atoms with Crippen molar-refractivity contribution in [2.24, 2.45) is 0 Å². The van der Waals surface area contributed by atoms with E-state index in [0.717, 1.165) is 0 Å². The van der Waals surface area contributed by atoms with Crippen molar-refractivity contribution in [1.29, 1.82) is 0 Å². The number of benzene rings is 1. The Hall–Kier alpha value is -1.41. The highest BCUT2D eigenvalue weighted by molar-refractivity contribution is 8.02. The van der Waals surface area contributed by atoms with Gasteiger partial charge in [0.15, 0.2) is 0 Å². The fourth-order valence-corrected chi connectivity index (χ4v) is 2.47. The van der Waals surface area contributed by atoms with Crippen LogP contribution < -0.4 is 0 Å². The number of fused-ring (bicyclic) bond motifs is 3. The SMILES string of the molecule is C1=Cc2ccccc2-n2cccc2S1. The lowest BCUT2D eigenvalue weighted by Gasteiger charge is -2.07. The van der Waals surface area contributed by atoms with Gasteiger partial charge in [-0.3, -0.25) is 0 Å². The number of rotatable bonds is 0. The van der Waals surface area contributed by atoms with Crippen molar-refractivity contribution in [1.82, 2.24) is 4.57 Å². The Morgan fingerprint density at radius 2 is 1.93 bits per heavy atom. The van der Waals surface area contributed by atoms with Crippen LogP contribution in [-0.2, 0) is 0 Å². The van der Waals surface area contributed by atoms with E-state index < -0.39 is 0 Å². The minimum Gasteiger partial charge on any atom is -0.311 e. The second-order valence-electron chi connectivity index (χ2n) is 3.20. The molecule has 0 spiro atoms. The Balaban J connectivity index is 2.34. The minimum atomic E-state index is 1.26. The summed E-state index contributed by atoms with van der Waals surface area (Å²) in [6, 6.07) is 12.7. The highest BCUT2D eigenvalue weighted by Gasteiger charge is 2.08. The molecule has 0 N–H and O–H groups in total. The third-order valence-corrected chi connectivity index (χ3v) is 3.19. The molecular formula is C12H9NS. The first-order chi connectivity index (χ1) is 6.95. The van der Waals surface area contributed by atoms with E-state index in [1.807, 2.05) is 0 Å². The van der Waals surface area contributed by atoms with Crippen molar-refractivity contribution in [3.05, 3.63) is 53.6 Å². The minimum absolute atomic E-state index is 1.26. The van der Waals surface area contributed by atoms with Gasteiger partial charge in [-0.15, -0.1) is 0 Å². The summed E-state index contributed by atoms with van der Waals surface area (Å²) in [5.74, 6) is 0. The number of hydrogen-bond acceptors (Lipinski definition) is 1. The zero-order valence-electron chi connectivity index (χ0n) is 7.55. The highest BCUT2D eigenvalue weighted by atomic mass is 32.2. The molecular weight excluding hydrogens is 190 g/mol. The summed E-state index contributed by atoms with van der Waals surface area (Å²) in [4.78, 5) is 0. The number of nitrogens with zero attached hydrogens (tertiary/aromatic N) is 1. The first-order valence-electron chi connectivity index (χ1n) is 4.55. The molecule has 1 aliphatic heterocycles. The molecule has 0 atom stereocenters. The second-order valence-corrected chi connectivity index (χ2v) is 4.12. The van der Waals surface area contributed by atoms with Crippen LogP contribution in [-0.4, -0.2) is 4.57 Å². The third-order valence-electron chi connectivity index (χ3n) is 2.34. The van der Waals surface area contributed by atoms with Crippen LogP contribution in [0.4, 0.5) is 0 Å². The fraction of sp³-hybridized carbons (Fsp3) is 0. The van der Waals surface area contributed by atoms with Gasteiger partial charge >= 0.3 is 0 Å². The predicted octanol–water partition coefficient (Wildman–Crippen LogP) is 3.55. The number of thioether (sulfide) groups is 1. The molecule has 0 saturated heterocycles. The Kier molecular flexibility index (Phi) is 1.74. The van der Waals surface area contributed by atoms with Gasteiger partial charge in [0, 0.05) is 6.20 Å². The largest absolute Gasteiger partial charge is 0.311 e. The van der Waals surface area contributed by atoms with Gasteiger partial charge in [0.1, 0.15) is 0 Å². The number of hydrogen-bond donors (Lipinski definition) is 0. The van der Waals surface area contributed by atoms with E-state index in [-0.39, 0.29) is 0 Å². The van der Waals surface area contributed by atoms with Crippen LogP contribution in [0.5, 0.6) is 0 Å². The molecule has 0 unspecified atom stereocenters. The van der Waals surface area contributed by atoms with Gasteiger partial charge < -0.3 is 4.57 Å². The normalized spacial score (nSPS) is 13.1. The zero-order valence-corrected chi connectivity index (χ0v) is 8.37. The van der Waals surface area contributed by atoms with Crippen LogP contribution in [0.2, 0.25) is 0 Å². The molecule has 1 nitrogen and oxygen atoms in total. The molecule has 0 bridgehead atoms. The summed E-state index contributed by atoms with van der Waals surface area (Å²) in [5, 5.41) is 3.41. The molecule has 0 fully saturated rings. The fourth-order valence-electron chi connectivity index (χ4n) is 1.69. The molecule has 2 heterocycles. The summed E-state index contributed by atoms with van der Waals surface area (Å²) in [5.41, 5.74) is 2.53. The molecule has 0 amide bonds. The van der Waals surface area contributed by atoms with Gasteiger partial charge in [-0.1, -0.05) is 30.0 Å². The van der Waals surface area contributed by atoms with Crippen molar-refractivity contribution in [2.75, 3.05) is 0 Å². The Morgan fingerprint density at radius 1 is 1.00 bits per heavy atom. The van der Waals surface area contributed by atoms with E-state index in [9.17, 15) is 0 Å². The molecule has 0 radical (unpaired) electrons. The molecule has 3 rings (SSSR count). The van der Waals surface area contributed by atoms with Crippen molar-refractivity contribution in [3.8, 4) is 5.69 Å². The Labute approximate surface area is 87.1 Å². The quantitative estimate of drug-likeness (QED) is 0.628. The van der Waals surface area contributed by atoms with Crippen molar-refractivity contribution >= 4 is 17.8 Å². The lowest BCUT2D eigenvalue weighted by atomic mass is 10.2. The maximum Gasteiger partial charge on any atom is 0.0836 e. The Bertz CT molecular complexity index is 497. The highest BCUT2D eigenvalue weighted by Crippen LogP contribution is 2.30. The maximum absolute atomic E-state index is 2.22. The van der Waals surface area contributed by atoms with Crippen LogP contribution >= 0.6 is 11.8 Å². The van der Waals surface area contributed by atoms with Crippen molar-refractivity contribution < 1.29 is 0 Å². The first-order valence-corrected chi connectivity index (χ1v) is 5.43. The number of para-hydroxylation sites is 1. The van der Waals surface area contributed by atoms with E-state index in [1.165, 1.54) is 16.3 Å². The Morgan fingerprint density at radius 3 is 2.93 bits per heavy atom. The third kappa shape index (κ3) is 1.11.